The predicted octanol–water partition coefficient (Wildman–Crippen LogP) is 4.75. The standard InChI is InChI=1S/C24H29N3O3/c1-16-4-7-19(8-5-16)23-14-20(26-30-23)24(28)25-15-21(22-9-6-18(3)29-22)27-12-10-17(2)11-13-27/h4-9,14,17,21H,10-13,15H2,1-3H3,(H,25,28)/t21-/m0/s1. The van der Waals surface area contributed by atoms with Gasteiger partial charge < -0.3 is 14.3 Å². The zero-order chi connectivity index (χ0) is 21.1. The van der Waals surface area contributed by atoms with Gasteiger partial charge in [0.1, 0.15) is 11.5 Å². The Kier molecular flexibility index (Phi) is 6.04. The van der Waals surface area contributed by atoms with Gasteiger partial charge in [-0.3, -0.25) is 9.69 Å². The van der Waals surface area contributed by atoms with E-state index in [0.29, 0.717) is 12.3 Å². The lowest BCUT2D eigenvalue weighted by molar-refractivity contribution is 0.0887. The van der Waals surface area contributed by atoms with E-state index in [-0.39, 0.29) is 17.6 Å². The molecule has 0 radical (unpaired) electrons. The lowest BCUT2D eigenvalue weighted by Crippen LogP contribution is -2.41. The number of rotatable bonds is 6. The van der Waals surface area contributed by atoms with Crippen LogP contribution in [0.25, 0.3) is 11.3 Å². The Morgan fingerprint density at radius 3 is 2.57 bits per heavy atom. The van der Waals surface area contributed by atoms with Crippen molar-refractivity contribution in [3.8, 4) is 11.3 Å². The number of benzene rings is 1. The summed E-state index contributed by atoms with van der Waals surface area (Å²) in [6.45, 7) is 8.74. The summed E-state index contributed by atoms with van der Waals surface area (Å²) in [5.74, 6) is 2.86. The van der Waals surface area contributed by atoms with Gasteiger partial charge >= 0.3 is 0 Å². The van der Waals surface area contributed by atoms with Crippen molar-refractivity contribution in [2.24, 2.45) is 5.92 Å². The Bertz CT molecular complexity index is 981. The molecule has 6 nitrogen and oxygen atoms in total. The summed E-state index contributed by atoms with van der Waals surface area (Å²) >= 11 is 0. The monoisotopic (exact) mass is 407 g/mol. The summed E-state index contributed by atoms with van der Waals surface area (Å²) in [5, 5.41) is 6.99. The number of piperidine rings is 1. The van der Waals surface area contributed by atoms with Gasteiger partial charge in [-0.05, 0) is 57.8 Å². The molecule has 1 aliphatic heterocycles. The minimum Gasteiger partial charge on any atom is -0.465 e. The molecule has 0 unspecified atom stereocenters. The van der Waals surface area contributed by atoms with Crippen LogP contribution in [0, 0.1) is 19.8 Å². The molecule has 3 heterocycles. The fraction of sp³-hybridized carbons (Fsp3) is 0.417. The summed E-state index contributed by atoms with van der Waals surface area (Å²) in [6, 6.07) is 13.6. The molecular formula is C24H29N3O3. The van der Waals surface area contributed by atoms with Crippen LogP contribution < -0.4 is 5.32 Å². The average molecular weight is 408 g/mol. The molecule has 3 aromatic rings. The van der Waals surface area contributed by atoms with Crippen LogP contribution in [-0.2, 0) is 0 Å². The van der Waals surface area contributed by atoms with Crippen LogP contribution >= 0.6 is 0 Å². The van der Waals surface area contributed by atoms with Gasteiger partial charge in [0, 0.05) is 18.2 Å². The molecule has 1 amide bonds. The molecule has 1 N–H and O–H groups in total. The van der Waals surface area contributed by atoms with Gasteiger partial charge in [-0.25, -0.2) is 0 Å². The van der Waals surface area contributed by atoms with Crippen molar-refractivity contribution in [2.45, 2.75) is 39.7 Å². The number of aromatic nitrogens is 1. The number of furan rings is 1. The molecule has 4 rings (SSSR count). The second-order valence-electron chi connectivity index (χ2n) is 8.34. The van der Waals surface area contributed by atoms with E-state index in [9.17, 15) is 4.79 Å². The molecular weight excluding hydrogens is 378 g/mol. The molecule has 2 aromatic heterocycles. The topological polar surface area (TPSA) is 71.5 Å². The van der Waals surface area contributed by atoms with Crippen LogP contribution in [-0.4, -0.2) is 35.6 Å². The number of carbonyl (C=O) groups excluding carboxylic acids is 1. The first-order valence-electron chi connectivity index (χ1n) is 10.6. The van der Waals surface area contributed by atoms with Crippen molar-refractivity contribution in [1.82, 2.24) is 15.4 Å². The molecule has 0 spiro atoms. The molecule has 1 atom stereocenters. The Balaban J connectivity index is 1.44. The summed E-state index contributed by atoms with van der Waals surface area (Å²) < 4.78 is 11.3. The zero-order valence-electron chi connectivity index (χ0n) is 17.9. The van der Waals surface area contributed by atoms with Crippen molar-refractivity contribution in [2.75, 3.05) is 19.6 Å². The largest absolute Gasteiger partial charge is 0.465 e. The number of likely N-dealkylation sites (tertiary alicyclic amines) is 1. The number of nitrogens with zero attached hydrogens (tertiary/aromatic N) is 2. The van der Waals surface area contributed by atoms with E-state index >= 15 is 0 Å². The maximum absolute atomic E-state index is 12.7. The smallest absolute Gasteiger partial charge is 0.273 e. The molecule has 0 bridgehead atoms. The first kappa shape index (κ1) is 20.4. The van der Waals surface area contributed by atoms with Gasteiger partial charge in [0.15, 0.2) is 11.5 Å². The number of hydrogen-bond acceptors (Lipinski definition) is 5. The Labute approximate surface area is 177 Å². The van der Waals surface area contributed by atoms with Crippen LogP contribution in [0.4, 0.5) is 0 Å². The Hall–Kier alpha value is -2.86. The third kappa shape index (κ3) is 4.65. The lowest BCUT2D eigenvalue weighted by atomic mass is 9.97. The lowest BCUT2D eigenvalue weighted by Gasteiger charge is -2.35. The van der Waals surface area contributed by atoms with Gasteiger partial charge in [0.05, 0.1) is 6.04 Å². The molecule has 0 saturated carbocycles. The second-order valence-corrected chi connectivity index (χ2v) is 8.34. The molecule has 1 aliphatic rings. The first-order chi connectivity index (χ1) is 14.5. The number of nitrogens with one attached hydrogen (secondary N) is 1. The highest BCUT2D eigenvalue weighted by atomic mass is 16.5. The average Bonchev–Trinajstić information content (AvgIpc) is 3.39. The van der Waals surface area contributed by atoms with Gasteiger partial charge in [-0.2, -0.15) is 0 Å². The number of carbonyl (C=O) groups is 1. The third-order valence-corrected chi connectivity index (χ3v) is 5.88. The van der Waals surface area contributed by atoms with Crippen molar-refractivity contribution in [3.63, 3.8) is 0 Å². The highest BCUT2D eigenvalue weighted by Gasteiger charge is 2.27. The van der Waals surface area contributed by atoms with Crippen LogP contribution in [0.5, 0.6) is 0 Å². The second kappa shape index (κ2) is 8.88. The van der Waals surface area contributed by atoms with Gasteiger partial charge in [-0.15, -0.1) is 0 Å². The minimum atomic E-state index is -0.240. The summed E-state index contributed by atoms with van der Waals surface area (Å²) in [5.41, 5.74) is 2.35. The van der Waals surface area contributed by atoms with E-state index in [0.717, 1.165) is 48.9 Å². The fourth-order valence-electron chi connectivity index (χ4n) is 3.90. The predicted molar refractivity (Wildman–Crippen MR) is 115 cm³/mol. The van der Waals surface area contributed by atoms with Crippen molar-refractivity contribution in [3.05, 3.63) is 65.2 Å². The highest BCUT2D eigenvalue weighted by molar-refractivity contribution is 5.93. The molecule has 158 valence electrons. The van der Waals surface area contributed by atoms with Crippen LogP contribution in [0.3, 0.4) is 0 Å². The van der Waals surface area contributed by atoms with E-state index in [2.05, 4.69) is 22.3 Å². The highest BCUT2D eigenvalue weighted by Crippen LogP contribution is 2.28. The molecule has 1 fully saturated rings. The van der Waals surface area contributed by atoms with E-state index in [1.54, 1.807) is 6.07 Å². The van der Waals surface area contributed by atoms with E-state index in [4.69, 9.17) is 8.94 Å². The van der Waals surface area contributed by atoms with Crippen molar-refractivity contribution in [1.29, 1.82) is 0 Å². The van der Waals surface area contributed by atoms with Gasteiger partial charge in [0.2, 0.25) is 0 Å². The maximum Gasteiger partial charge on any atom is 0.273 e. The van der Waals surface area contributed by atoms with Gasteiger partial charge in [-0.1, -0.05) is 41.9 Å². The van der Waals surface area contributed by atoms with Crippen molar-refractivity contribution >= 4 is 5.91 Å². The summed E-state index contributed by atoms with van der Waals surface area (Å²) in [6.07, 6.45) is 2.32. The maximum atomic E-state index is 12.7. The van der Waals surface area contributed by atoms with Crippen molar-refractivity contribution < 1.29 is 13.7 Å². The molecule has 1 aromatic carbocycles. The van der Waals surface area contributed by atoms with E-state index < -0.39 is 0 Å². The molecule has 6 heteroatoms. The number of hydrogen-bond donors (Lipinski definition) is 1. The fourth-order valence-corrected chi connectivity index (χ4v) is 3.90. The van der Waals surface area contributed by atoms with Crippen LogP contribution in [0.15, 0.2) is 51.4 Å². The molecule has 1 saturated heterocycles. The zero-order valence-corrected chi connectivity index (χ0v) is 17.9. The number of amides is 1. The van der Waals surface area contributed by atoms with Crippen LogP contribution in [0.2, 0.25) is 0 Å². The first-order valence-corrected chi connectivity index (χ1v) is 10.6. The van der Waals surface area contributed by atoms with E-state index in [1.165, 1.54) is 5.56 Å². The quantitative estimate of drug-likeness (QED) is 0.638. The van der Waals surface area contributed by atoms with E-state index in [1.807, 2.05) is 50.2 Å². The SMILES string of the molecule is Cc1ccc(-c2cc(C(=O)NC[C@@H](c3ccc(C)o3)N3CCC(C)CC3)no2)cc1. The molecule has 30 heavy (non-hydrogen) atoms. The summed E-state index contributed by atoms with van der Waals surface area (Å²) in [7, 11) is 0. The normalized spacial score (nSPS) is 16.5. The van der Waals surface area contributed by atoms with Gasteiger partial charge in [0.25, 0.3) is 5.91 Å². The number of aryl methyl sites for hydroxylation is 2. The summed E-state index contributed by atoms with van der Waals surface area (Å²) in [4.78, 5) is 15.1. The minimum absolute atomic E-state index is 0.0126. The molecule has 0 aliphatic carbocycles. The third-order valence-electron chi connectivity index (χ3n) is 5.88. The Morgan fingerprint density at radius 1 is 1.17 bits per heavy atom. The Morgan fingerprint density at radius 2 is 1.90 bits per heavy atom. The van der Waals surface area contributed by atoms with Crippen LogP contribution in [0.1, 0.15) is 53.4 Å².